The molecule has 7 nitrogen and oxygen atoms in total. The van der Waals surface area contributed by atoms with Crippen LogP contribution in [0.3, 0.4) is 0 Å². The van der Waals surface area contributed by atoms with Gasteiger partial charge in [0.25, 0.3) is 5.56 Å². The van der Waals surface area contributed by atoms with Gasteiger partial charge in [-0.15, -0.1) is 0 Å². The summed E-state index contributed by atoms with van der Waals surface area (Å²) in [7, 11) is 0. The first-order valence-electron chi connectivity index (χ1n) is 12.3. The molecule has 1 saturated carbocycles. The molecule has 5 rings (SSSR count). The highest BCUT2D eigenvalue weighted by Crippen LogP contribution is 2.38. The monoisotopic (exact) mass is 493 g/mol. The minimum Gasteiger partial charge on any atom is -0.486 e. The summed E-state index contributed by atoms with van der Waals surface area (Å²) in [5.41, 5.74) is 0.649. The van der Waals surface area contributed by atoms with Crippen LogP contribution in [0.15, 0.2) is 58.5 Å². The summed E-state index contributed by atoms with van der Waals surface area (Å²) in [5, 5.41) is 4.18. The number of fused-ring (bicyclic) bond motifs is 2. The zero-order chi connectivity index (χ0) is 24.4. The summed E-state index contributed by atoms with van der Waals surface area (Å²) in [5.74, 6) is 2.35. The van der Waals surface area contributed by atoms with Gasteiger partial charge in [0.15, 0.2) is 16.7 Å². The van der Waals surface area contributed by atoms with Crippen LogP contribution in [0.5, 0.6) is 11.5 Å². The lowest BCUT2D eigenvalue weighted by Gasteiger charge is -2.36. The molecule has 1 fully saturated rings. The number of hydrogen-bond acceptors (Lipinski definition) is 6. The van der Waals surface area contributed by atoms with E-state index in [9.17, 15) is 9.59 Å². The van der Waals surface area contributed by atoms with Crippen molar-refractivity contribution in [3.63, 3.8) is 0 Å². The maximum Gasteiger partial charge on any atom is 0.262 e. The summed E-state index contributed by atoms with van der Waals surface area (Å²) in [4.78, 5) is 31.1. The van der Waals surface area contributed by atoms with Crippen LogP contribution in [-0.4, -0.2) is 40.5 Å². The molecule has 1 amide bonds. The number of carbonyl (C=O) groups is 1. The van der Waals surface area contributed by atoms with Crippen molar-refractivity contribution in [2.75, 3.05) is 18.9 Å². The number of nitrogens with one attached hydrogen (secondary N) is 1. The van der Waals surface area contributed by atoms with E-state index >= 15 is 0 Å². The van der Waals surface area contributed by atoms with E-state index < -0.39 is 0 Å². The standard InChI is InChI=1S/C27H31N3O4S/c1-17-8-7-11-22(18(17)2)30-26(32)20-9-3-4-10-21(20)29-27(30)35-16-25(31)28-14-19-15-33-23-12-5-6-13-24(23)34-19/h3-6,9-10,12-13,17-19,22H,7-8,11,14-16H2,1-2H3,(H,28,31). The van der Waals surface area contributed by atoms with Crippen LogP contribution < -0.4 is 20.3 Å². The minimum atomic E-state index is -0.250. The van der Waals surface area contributed by atoms with Crippen LogP contribution in [0, 0.1) is 11.8 Å². The number of benzene rings is 2. The maximum atomic E-state index is 13.6. The summed E-state index contributed by atoms with van der Waals surface area (Å²) >= 11 is 1.32. The van der Waals surface area contributed by atoms with E-state index in [4.69, 9.17) is 14.5 Å². The van der Waals surface area contributed by atoms with Crippen LogP contribution in [0.4, 0.5) is 0 Å². The molecule has 1 aliphatic heterocycles. The zero-order valence-corrected chi connectivity index (χ0v) is 20.9. The van der Waals surface area contributed by atoms with E-state index in [-0.39, 0.29) is 29.4 Å². The van der Waals surface area contributed by atoms with Crippen LogP contribution in [0.1, 0.15) is 39.2 Å². The Morgan fingerprint density at radius 3 is 2.74 bits per heavy atom. The second-order valence-corrected chi connectivity index (χ2v) is 10.5. The van der Waals surface area contributed by atoms with Gasteiger partial charge < -0.3 is 14.8 Å². The normalized spacial score (nSPS) is 23.7. The largest absolute Gasteiger partial charge is 0.486 e. The molecule has 8 heteroatoms. The highest BCUT2D eigenvalue weighted by Gasteiger charge is 2.31. The van der Waals surface area contributed by atoms with Crippen molar-refractivity contribution < 1.29 is 14.3 Å². The Morgan fingerprint density at radius 2 is 1.89 bits per heavy atom. The van der Waals surface area contributed by atoms with E-state index in [1.54, 1.807) is 0 Å². The molecule has 2 aliphatic rings. The molecule has 1 aromatic heterocycles. The number of rotatable bonds is 6. The first kappa shape index (κ1) is 23.7. The van der Waals surface area contributed by atoms with Gasteiger partial charge in [-0.25, -0.2) is 4.98 Å². The first-order valence-corrected chi connectivity index (χ1v) is 13.3. The van der Waals surface area contributed by atoms with Crippen LogP contribution >= 0.6 is 11.8 Å². The molecule has 2 aromatic carbocycles. The lowest BCUT2D eigenvalue weighted by molar-refractivity contribution is -0.119. The third kappa shape index (κ3) is 5.03. The Hall–Kier alpha value is -3.00. The average molecular weight is 494 g/mol. The Balaban J connectivity index is 1.29. The second-order valence-electron chi connectivity index (χ2n) is 9.51. The van der Waals surface area contributed by atoms with Crippen molar-refractivity contribution >= 4 is 28.6 Å². The third-order valence-corrected chi connectivity index (χ3v) is 8.15. The number of para-hydroxylation sites is 3. The van der Waals surface area contributed by atoms with Crippen LogP contribution in [-0.2, 0) is 4.79 Å². The van der Waals surface area contributed by atoms with Gasteiger partial charge >= 0.3 is 0 Å². The Morgan fingerprint density at radius 1 is 1.11 bits per heavy atom. The highest BCUT2D eigenvalue weighted by atomic mass is 32.2. The molecule has 1 N–H and O–H groups in total. The number of nitrogens with zero attached hydrogens (tertiary/aromatic N) is 2. The molecule has 184 valence electrons. The van der Waals surface area contributed by atoms with Gasteiger partial charge in [-0.2, -0.15) is 0 Å². The van der Waals surface area contributed by atoms with Gasteiger partial charge in [0, 0.05) is 6.04 Å². The predicted octanol–water partition coefficient (Wildman–Crippen LogP) is 4.44. The summed E-state index contributed by atoms with van der Waals surface area (Å²) in [6.45, 7) is 5.21. The van der Waals surface area contributed by atoms with Crippen molar-refractivity contribution in [2.24, 2.45) is 11.8 Å². The number of thioether (sulfide) groups is 1. The molecule has 3 aromatic rings. The fourth-order valence-electron chi connectivity index (χ4n) is 5.01. The quantitative estimate of drug-likeness (QED) is 0.404. The smallest absolute Gasteiger partial charge is 0.262 e. The van der Waals surface area contributed by atoms with Crippen LogP contribution in [0.25, 0.3) is 10.9 Å². The van der Waals surface area contributed by atoms with Crippen molar-refractivity contribution in [3.05, 3.63) is 58.9 Å². The molecule has 1 aliphatic carbocycles. The van der Waals surface area contributed by atoms with E-state index in [1.165, 1.54) is 18.2 Å². The van der Waals surface area contributed by atoms with Gasteiger partial charge in [0.2, 0.25) is 5.91 Å². The van der Waals surface area contributed by atoms with Gasteiger partial charge in [0.1, 0.15) is 12.7 Å². The number of ether oxygens (including phenoxy) is 2. The molecule has 0 spiro atoms. The topological polar surface area (TPSA) is 82.5 Å². The molecule has 2 heterocycles. The van der Waals surface area contributed by atoms with E-state index in [0.29, 0.717) is 46.8 Å². The van der Waals surface area contributed by atoms with Gasteiger partial charge in [-0.3, -0.25) is 14.2 Å². The number of aromatic nitrogens is 2. The second kappa shape index (κ2) is 10.3. The SMILES string of the molecule is CC1CCCC(n2c(SCC(=O)NCC3COc4ccccc4O3)nc3ccccc3c2=O)C1C. The lowest BCUT2D eigenvalue weighted by atomic mass is 9.78. The summed E-state index contributed by atoms with van der Waals surface area (Å²) in [6.07, 6.45) is 2.97. The number of amides is 1. The minimum absolute atomic E-state index is 0.0177. The van der Waals surface area contributed by atoms with Gasteiger partial charge in [0.05, 0.1) is 23.2 Å². The van der Waals surface area contributed by atoms with Gasteiger partial charge in [-0.05, 0) is 42.5 Å². The van der Waals surface area contributed by atoms with Crippen LogP contribution in [0.2, 0.25) is 0 Å². The molecule has 0 bridgehead atoms. The Kier molecular flexibility index (Phi) is 7.00. The molecule has 4 unspecified atom stereocenters. The first-order chi connectivity index (χ1) is 17.0. The van der Waals surface area contributed by atoms with E-state index in [0.717, 1.165) is 18.6 Å². The van der Waals surface area contributed by atoms with Gasteiger partial charge in [-0.1, -0.05) is 62.7 Å². The fourth-order valence-corrected chi connectivity index (χ4v) is 5.89. The molecule has 0 saturated heterocycles. The number of carbonyl (C=O) groups excluding carboxylic acids is 1. The predicted molar refractivity (Wildman–Crippen MR) is 137 cm³/mol. The molecular weight excluding hydrogens is 462 g/mol. The van der Waals surface area contributed by atoms with Crippen molar-refractivity contribution in [1.29, 1.82) is 0 Å². The molecule has 0 radical (unpaired) electrons. The molecule has 4 atom stereocenters. The zero-order valence-electron chi connectivity index (χ0n) is 20.1. The summed E-state index contributed by atoms with van der Waals surface area (Å²) in [6, 6.07) is 15.1. The fraction of sp³-hybridized carbons (Fsp3) is 0.444. The van der Waals surface area contributed by atoms with Crippen molar-refractivity contribution in [3.8, 4) is 11.5 Å². The lowest BCUT2D eigenvalue weighted by Crippen LogP contribution is -2.41. The molecule has 35 heavy (non-hydrogen) atoms. The Bertz CT molecular complexity index is 1280. The van der Waals surface area contributed by atoms with E-state index in [2.05, 4.69) is 19.2 Å². The Labute approximate surface area is 209 Å². The maximum absolute atomic E-state index is 13.6. The van der Waals surface area contributed by atoms with E-state index in [1.807, 2.05) is 53.1 Å². The number of hydrogen-bond donors (Lipinski definition) is 1. The summed E-state index contributed by atoms with van der Waals surface area (Å²) < 4.78 is 13.5. The highest BCUT2D eigenvalue weighted by molar-refractivity contribution is 7.99. The van der Waals surface area contributed by atoms with Crippen molar-refractivity contribution in [1.82, 2.24) is 14.9 Å². The molecular formula is C27H31N3O4S. The average Bonchev–Trinajstić information content (AvgIpc) is 2.88. The van der Waals surface area contributed by atoms with Crippen molar-refractivity contribution in [2.45, 2.75) is 50.4 Å². The third-order valence-electron chi connectivity index (χ3n) is 7.20.